The third-order valence-corrected chi connectivity index (χ3v) is 2.63. The highest BCUT2D eigenvalue weighted by Crippen LogP contribution is 2.23. The summed E-state index contributed by atoms with van der Waals surface area (Å²) in [6.45, 7) is 0. The van der Waals surface area contributed by atoms with Crippen LogP contribution in [0, 0.1) is 10.1 Å². The summed E-state index contributed by atoms with van der Waals surface area (Å²) in [5, 5.41) is 20.3. The first-order valence-corrected chi connectivity index (χ1v) is 5.09. The molecule has 1 unspecified atom stereocenters. The molecule has 0 saturated heterocycles. The maximum absolute atomic E-state index is 10.6. The van der Waals surface area contributed by atoms with Gasteiger partial charge in [0.05, 0.1) is 17.6 Å². The molecule has 0 saturated carbocycles. The van der Waals surface area contributed by atoms with Gasteiger partial charge in [0, 0.05) is 6.42 Å². The second-order valence-electron chi connectivity index (χ2n) is 3.27. The number of hydrogen-bond acceptors (Lipinski definition) is 8. The summed E-state index contributed by atoms with van der Waals surface area (Å²) in [6.07, 6.45) is 1.53. The molecule has 2 rings (SSSR count). The number of thiol groups is 1. The normalized spacial score (nSPS) is 12.6. The Bertz CT molecular complexity index is 524. The molecule has 2 heterocycles. The van der Waals surface area contributed by atoms with E-state index in [-0.39, 0.29) is 11.7 Å². The summed E-state index contributed by atoms with van der Waals surface area (Å²) >= 11 is 4.25. The van der Waals surface area contributed by atoms with E-state index in [1.54, 1.807) is 7.05 Å². The largest absolute Gasteiger partial charge is 0.358 e. The third-order valence-electron chi connectivity index (χ3n) is 2.22. The highest BCUT2D eigenvalue weighted by Gasteiger charge is 2.22. The fourth-order valence-corrected chi connectivity index (χ4v) is 1.59. The molecule has 90 valence electrons. The number of imidazole rings is 1. The van der Waals surface area contributed by atoms with Crippen LogP contribution in [0.4, 0.5) is 5.82 Å². The minimum absolute atomic E-state index is 0.0795. The third kappa shape index (κ3) is 2.25. The summed E-state index contributed by atoms with van der Waals surface area (Å²) < 4.78 is 6.12. The maximum atomic E-state index is 10.6. The molecule has 0 aliphatic rings. The van der Waals surface area contributed by atoms with Crippen molar-refractivity contribution in [3.63, 3.8) is 0 Å². The van der Waals surface area contributed by atoms with Crippen molar-refractivity contribution in [3.05, 3.63) is 28.0 Å². The van der Waals surface area contributed by atoms with Gasteiger partial charge in [-0.05, 0) is 10.1 Å². The van der Waals surface area contributed by atoms with Crippen molar-refractivity contribution in [2.45, 2.75) is 11.7 Å². The first-order chi connectivity index (χ1) is 8.09. The number of nitrogens with zero attached hydrogens (tertiary/aromatic N) is 6. The fourth-order valence-electron chi connectivity index (χ4n) is 1.33. The van der Waals surface area contributed by atoms with Gasteiger partial charge in [0.15, 0.2) is 5.82 Å². The Morgan fingerprint density at radius 3 is 3.00 bits per heavy atom. The van der Waals surface area contributed by atoms with Gasteiger partial charge < -0.3 is 14.6 Å². The van der Waals surface area contributed by atoms with Gasteiger partial charge in [-0.15, -0.1) is 0 Å². The van der Waals surface area contributed by atoms with Crippen molar-refractivity contribution < 1.29 is 9.45 Å². The fraction of sp³-hybridized carbons (Fsp3) is 0.429. The quantitative estimate of drug-likeness (QED) is 0.476. The molecule has 0 N–H and O–H groups in total. The molecule has 17 heavy (non-hydrogen) atoms. The number of rotatable bonds is 4. The molecule has 0 bridgehead atoms. The summed E-state index contributed by atoms with van der Waals surface area (Å²) in [5.74, 6) is 0.679. The predicted octanol–water partition coefficient (Wildman–Crippen LogP) is 0.320. The maximum Gasteiger partial charge on any atom is 0.342 e. The van der Waals surface area contributed by atoms with Gasteiger partial charge in [0.2, 0.25) is 0 Å². The Morgan fingerprint density at radius 2 is 2.47 bits per heavy atom. The highest BCUT2D eigenvalue weighted by molar-refractivity contribution is 7.80. The number of nitro groups is 1. The smallest absolute Gasteiger partial charge is 0.342 e. The van der Waals surface area contributed by atoms with Crippen molar-refractivity contribution in [1.82, 2.24) is 25.1 Å². The van der Waals surface area contributed by atoms with Crippen LogP contribution in [0.2, 0.25) is 0 Å². The molecular weight excluding hydrogens is 248 g/mol. The van der Waals surface area contributed by atoms with Crippen LogP contribution in [-0.2, 0) is 13.5 Å². The van der Waals surface area contributed by atoms with Gasteiger partial charge in [-0.3, -0.25) is 0 Å². The van der Waals surface area contributed by atoms with Gasteiger partial charge in [-0.2, -0.15) is 12.6 Å². The van der Waals surface area contributed by atoms with Crippen LogP contribution in [0.15, 0.2) is 10.7 Å². The number of aromatic nitrogens is 5. The molecular formula is C7H8N6O3S. The standard InChI is InChI=1S/C7H8N6O3S/c1-12-5(8-3-6(12)13(14)15)2-4(17)7-9-10-11-16-7/h3-4,17H,2H2,1H3. The minimum Gasteiger partial charge on any atom is -0.358 e. The van der Waals surface area contributed by atoms with Crippen LogP contribution in [0.25, 0.3) is 0 Å². The van der Waals surface area contributed by atoms with E-state index in [0.717, 1.165) is 0 Å². The van der Waals surface area contributed by atoms with Crippen LogP contribution in [-0.4, -0.2) is 30.1 Å². The molecule has 2 aromatic rings. The lowest BCUT2D eigenvalue weighted by Gasteiger charge is -2.02. The molecule has 9 nitrogen and oxygen atoms in total. The molecule has 2 aromatic heterocycles. The van der Waals surface area contributed by atoms with Crippen molar-refractivity contribution in [3.8, 4) is 0 Å². The molecule has 1 atom stereocenters. The van der Waals surface area contributed by atoms with Crippen molar-refractivity contribution in [2.24, 2.45) is 7.05 Å². The predicted molar refractivity (Wildman–Crippen MR) is 57.4 cm³/mol. The molecule has 0 radical (unpaired) electrons. The first kappa shape index (κ1) is 11.5. The molecule has 0 aromatic carbocycles. The first-order valence-electron chi connectivity index (χ1n) is 4.57. The lowest BCUT2D eigenvalue weighted by atomic mass is 10.3. The van der Waals surface area contributed by atoms with Crippen molar-refractivity contribution in [1.29, 1.82) is 0 Å². The van der Waals surface area contributed by atoms with E-state index in [9.17, 15) is 10.1 Å². The average Bonchev–Trinajstić information content (AvgIpc) is 2.89. The van der Waals surface area contributed by atoms with Crippen LogP contribution in [0.1, 0.15) is 17.0 Å². The molecule has 0 aliphatic heterocycles. The van der Waals surface area contributed by atoms with E-state index in [2.05, 4.69) is 33.2 Å². The average molecular weight is 256 g/mol. The molecule has 10 heteroatoms. The summed E-state index contributed by atoms with van der Waals surface area (Å²) in [4.78, 5) is 14.1. The van der Waals surface area contributed by atoms with Gasteiger partial charge in [0.25, 0.3) is 5.89 Å². The lowest BCUT2D eigenvalue weighted by molar-refractivity contribution is -0.391. The zero-order valence-corrected chi connectivity index (χ0v) is 9.61. The molecule has 0 amide bonds. The van der Waals surface area contributed by atoms with E-state index >= 15 is 0 Å². The summed E-state index contributed by atoms with van der Waals surface area (Å²) in [6, 6.07) is 0. The minimum atomic E-state index is -0.502. The zero-order chi connectivity index (χ0) is 12.4. The second kappa shape index (κ2) is 4.49. The summed E-state index contributed by atoms with van der Waals surface area (Å²) in [5.41, 5.74) is 0. The van der Waals surface area contributed by atoms with Crippen molar-refractivity contribution >= 4 is 18.4 Å². The van der Waals surface area contributed by atoms with Crippen molar-refractivity contribution in [2.75, 3.05) is 0 Å². The van der Waals surface area contributed by atoms with Crippen LogP contribution in [0.3, 0.4) is 0 Å². The Morgan fingerprint density at radius 1 is 1.71 bits per heavy atom. The van der Waals surface area contributed by atoms with Crippen LogP contribution in [0.5, 0.6) is 0 Å². The Labute approximate surface area is 100 Å². The van der Waals surface area contributed by atoms with Gasteiger partial charge in [-0.1, -0.05) is 5.10 Å². The van der Waals surface area contributed by atoms with Gasteiger partial charge in [0.1, 0.15) is 6.20 Å². The SMILES string of the molecule is Cn1c([N+](=O)[O-])cnc1CC(S)c1nnno1. The monoisotopic (exact) mass is 256 g/mol. The van der Waals surface area contributed by atoms with Crippen LogP contribution < -0.4 is 0 Å². The Kier molecular flexibility index (Phi) is 3.04. The van der Waals surface area contributed by atoms with E-state index in [0.29, 0.717) is 12.2 Å². The Hall–Kier alpha value is -1.97. The summed E-state index contributed by atoms with van der Waals surface area (Å²) in [7, 11) is 1.56. The molecule has 0 aliphatic carbocycles. The highest BCUT2D eigenvalue weighted by atomic mass is 32.1. The van der Waals surface area contributed by atoms with E-state index in [4.69, 9.17) is 4.52 Å². The zero-order valence-electron chi connectivity index (χ0n) is 8.72. The van der Waals surface area contributed by atoms with Gasteiger partial charge in [-0.25, -0.2) is 9.55 Å². The molecule has 0 spiro atoms. The Balaban J connectivity index is 2.17. The topological polar surface area (TPSA) is 113 Å². The van der Waals surface area contributed by atoms with Crippen LogP contribution >= 0.6 is 12.6 Å². The second-order valence-corrected chi connectivity index (χ2v) is 3.89. The van der Waals surface area contributed by atoms with E-state index < -0.39 is 10.2 Å². The number of hydrogen-bond donors (Lipinski definition) is 1. The van der Waals surface area contributed by atoms with E-state index in [1.165, 1.54) is 10.8 Å². The van der Waals surface area contributed by atoms with E-state index in [1.807, 2.05) is 0 Å². The van der Waals surface area contributed by atoms with Gasteiger partial charge >= 0.3 is 5.82 Å². The lowest BCUT2D eigenvalue weighted by Crippen LogP contribution is -2.05. The molecule has 0 fully saturated rings.